The normalized spacial score (nSPS) is 6.25. The smallest absolute Gasteiger partial charge is 0.129 e. The number of rotatable bonds is 2. The SMILES string of the molecule is CCCC(C)=O.O.O. The molecule has 0 aromatic heterocycles. The zero-order valence-electron chi connectivity index (χ0n) is 5.32. The van der Waals surface area contributed by atoms with Gasteiger partial charge in [0.15, 0.2) is 0 Å². The fourth-order valence-electron chi connectivity index (χ4n) is 0.352. The van der Waals surface area contributed by atoms with Crippen LogP contribution in [0.2, 0.25) is 0 Å². The molecule has 0 rings (SSSR count). The van der Waals surface area contributed by atoms with Gasteiger partial charge in [-0.2, -0.15) is 0 Å². The molecule has 0 spiro atoms. The van der Waals surface area contributed by atoms with Crippen LogP contribution < -0.4 is 0 Å². The molecule has 0 aliphatic carbocycles. The van der Waals surface area contributed by atoms with Crippen LogP contribution in [0.1, 0.15) is 26.7 Å². The molecule has 0 heterocycles. The van der Waals surface area contributed by atoms with Gasteiger partial charge < -0.3 is 15.7 Å². The molecule has 3 heteroatoms. The molecule has 0 aliphatic rings. The monoisotopic (exact) mass is 122 g/mol. The maximum atomic E-state index is 10.0. The maximum absolute atomic E-state index is 10.0. The molecule has 3 nitrogen and oxygen atoms in total. The highest BCUT2D eigenvalue weighted by Gasteiger charge is 1.83. The van der Waals surface area contributed by atoms with E-state index in [-0.39, 0.29) is 16.7 Å². The van der Waals surface area contributed by atoms with Crippen LogP contribution in [0.4, 0.5) is 0 Å². The Bertz CT molecular complexity index is 51.6. The number of carbonyl (C=O) groups excluding carboxylic acids is 1. The van der Waals surface area contributed by atoms with Crippen molar-refractivity contribution in [2.45, 2.75) is 26.7 Å². The molecule has 0 amide bonds. The lowest BCUT2D eigenvalue weighted by molar-refractivity contribution is -0.117. The fraction of sp³-hybridized carbons (Fsp3) is 0.800. The Labute approximate surface area is 49.3 Å². The third kappa shape index (κ3) is 17.6. The molecule has 0 unspecified atom stereocenters. The summed E-state index contributed by atoms with van der Waals surface area (Å²) < 4.78 is 0. The van der Waals surface area contributed by atoms with Gasteiger partial charge in [0.1, 0.15) is 5.78 Å². The van der Waals surface area contributed by atoms with Gasteiger partial charge in [-0.3, -0.25) is 0 Å². The average molecular weight is 122 g/mol. The minimum Gasteiger partial charge on any atom is -0.412 e. The van der Waals surface area contributed by atoms with Crippen LogP contribution in [0.5, 0.6) is 0 Å². The van der Waals surface area contributed by atoms with E-state index in [0.717, 1.165) is 12.8 Å². The van der Waals surface area contributed by atoms with Crippen LogP contribution in [0.15, 0.2) is 0 Å². The van der Waals surface area contributed by atoms with Crippen molar-refractivity contribution in [1.29, 1.82) is 0 Å². The van der Waals surface area contributed by atoms with Gasteiger partial charge in [0.2, 0.25) is 0 Å². The van der Waals surface area contributed by atoms with Gasteiger partial charge in [-0.15, -0.1) is 0 Å². The Balaban J connectivity index is -0.000000125. The standard InChI is InChI=1S/C5H10O.2H2O/c1-3-4-5(2)6;;/h3-4H2,1-2H3;2*1H2. The number of Topliss-reactive ketones (excluding diaryl/α,β-unsaturated/α-hetero) is 1. The largest absolute Gasteiger partial charge is 0.412 e. The highest BCUT2D eigenvalue weighted by molar-refractivity contribution is 5.75. The first-order valence-electron chi connectivity index (χ1n) is 2.26. The van der Waals surface area contributed by atoms with Gasteiger partial charge in [0.05, 0.1) is 0 Å². The van der Waals surface area contributed by atoms with Crippen molar-refractivity contribution in [2.24, 2.45) is 0 Å². The Morgan fingerprint density at radius 2 is 1.75 bits per heavy atom. The van der Waals surface area contributed by atoms with E-state index in [1.54, 1.807) is 6.92 Å². The van der Waals surface area contributed by atoms with Crippen molar-refractivity contribution in [3.8, 4) is 0 Å². The molecule has 4 N–H and O–H groups in total. The van der Waals surface area contributed by atoms with Gasteiger partial charge in [-0.25, -0.2) is 0 Å². The molecule has 8 heavy (non-hydrogen) atoms. The minimum atomic E-state index is 0. The number of hydrogen-bond acceptors (Lipinski definition) is 1. The summed E-state index contributed by atoms with van der Waals surface area (Å²) >= 11 is 0. The Morgan fingerprint density at radius 1 is 1.38 bits per heavy atom. The Morgan fingerprint density at radius 3 is 1.75 bits per heavy atom. The third-order valence-electron chi connectivity index (χ3n) is 0.602. The van der Waals surface area contributed by atoms with E-state index in [1.165, 1.54) is 0 Å². The molecule has 0 aromatic carbocycles. The van der Waals surface area contributed by atoms with Crippen molar-refractivity contribution in [3.05, 3.63) is 0 Å². The van der Waals surface area contributed by atoms with E-state index in [2.05, 4.69) is 0 Å². The second-order valence-corrected chi connectivity index (χ2v) is 1.45. The van der Waals surface area contributed by atoms with E-state index in [4.69, 9.17) is 0 Å². The van der Waals surface area contributed by atoms with Crippen LogP contribution in [0, 0.1) is 0 Å². The van der Waals surface area contributed by atoms with Gasteiger partial charge in [-0.05, 0) is 13.3 Å². The minimum absolute atomic E-state index is 0. The third-order valence-corrected chi connectivity index (χ3v) is 0.602. The second kappa shape index (κ2) is 9.77. The highest BCUT2D eigenvalue weighted by atomic mass is 16.1. The zero-order chi connectivity index (χ0) is 4.99. The molecule has 0 aromatic rings. The van der Waals surface area contributed by atoms with E-state index < -0.39 is 0 Å². The van der Waals surface area contributed by atoms with Crippen molar-refractivity contribution in [2.75, 3.05) is 0 Å². The molecule has 0 saturated carbocycles. The first kappa shape index (κ1) is 15.6. The van der Waals surface area contributed by atoms with E-state index in [9.17, 15) is 4.79 Å². The van der Waals surface area contributed by atoms with Gasteiger partial charge in [0, 0.05) is 6.42 Å². The molecule has 52 valence electrons. The van der Waals surface area contributed by atoms with Crippen LogP contribution in [-0.2, 0) is 4.79 Å². The molecule has 0 atom stereocenters. The lowest BCUT2D eigenvalue weighted by Crippen LogP contribution is -1.84. The topological polar surface area (TPSA) is 80.1 Å². The summed E-state index contributed by atoms with van der Waals surface area (Å²) in [6, 6.07) is 0. The molecule has 0 bridgehead atoms. The number of ketones is 1. The average Bonchev–Trinajstić information content (AvgIpc) is 1.35. The first-order valence-corrected chi connectivity index (χ1v) is 2.26. The van der Waals surface area contributed by atoms with Gasteiger partial charge in [-0.1, -0.05) is 6.92 Å². The second-order valence-electron chi connectivity index (χ2n) is 1.45. The van der Waals surface area contributed by atoms with Crippen molar-refractivity contribution in [1.82, 2.24) is 0 Å². The van der Waals surface area contributed by atoms with Crippen LogP contribution in [0.3, 0.4) is 0 Å². The van der Waals surface area contributed by atoms with Crippen molar-refractivity contribution >= 4 is 5.78 Å². The summed E-state index contributed by atoms with van der Waals surface area (Å²) in [5.41, 5.74) is 0. The zero-order valence-corrected chi connectivity index (χ0v) is 5.32. The molecular formula is C5H14O3. The molecule has 0 saturated heterocycles. The van der Waals surface area contributed by atoms with E-state index >= 15 is 0 Å². The van der Waals surface area contributed by atoms with Crippen LogP contribution in [-0.4, -0.2) is 16.7 Å². The Kier molecular flexibility index (Phi) is 19.1. The van der Waals surface area contributed by atoms with Crippen molar-refractivity contribution < 1.29 is 15.7 Å². The summed E-state index contributed by atoms with van der Waals surface area (Å²) in [7, 11) is 0. The fourth-order valence-corrected chi connectivity index (χ4v) is 0.352. The van der Waals surface area contributed by atoms with Crippen LogP contribution in [0.25, 0.3) is 0 Å². The van der Waals surface area contributed by atoms with Crippen molar-refractivity contribution in [3.63, 3.8) is 0 Å². The van der Waals surface area contributed by atoms with Crippen LogP contribution >= 0.6 is 0 Å². The highest BCUT2D eigenvalue weighted by Crippen LogP contribution is 1.84. The Hall–Kier alpha value is -0.410. The lowest BCUT2D eigenvalue weighted by atomic mass is 10.3. The summed E-state index contributed by atoms with van der Waals surface area (Å²) in [5.74, 6) is 0.289. The summed E-state index contributed by atoms with van der Waals surface area (Å²) in [5, 5.41) is 0. The number of hydrogen-bond donors (Lipinski definition) is 0. The molecular weight excluding hydrogens is 108 g/mol. The molecule has 0 radical (unpaired) electrons. The summed E-state index contributed by atoms with van der Waals surface area (Å²) in [6.07, 6.45) is 1.72. The van der Waals surface area contributed by atoms with E-state index in [0.29, 0.717) is 0 Å². The first-order chi connectivity index (χ1) is 2.77. The predicted molar refractivity (Wildman–Crippen MR) is 32.8 cm³/mol. The summed E-state index contributed by atoms with van der Waals surface area (Å²) in [6.45, 7) is 3.62. The summed E-state index contributed by atoms with van der Waals surface area (Å²) in [4.78, 5) is 10.0. The quantitative estimate of drug-likeness (QED) is 0.496. The molecule has 0 aliphatic heterocycles. The van der Waals surface area contributed by atoms with Gasteiger partial charge >= 0.3 is 0 Å². The molecule has 0 fully saturated rings. The number of carbonyl (C=O) groups is 1. The van der Waals surface area contributed by atoms with E-state index in [1.807, 2.05) is 6.92 Å². The maximum Gasteiger partial charge on any atom is 0.129 e. The predicted octanol–water partition coefficient (Wildman–Crippen LogP) is -0.274. The van der Waals surface area contributed by atoms with Gasteiger partial charge in [0.25, 0.3) is 0 Å². The lowest BCUT2D eigenvalue weighted by Gasteiger charge is -1.80.